The Morgan fingerprint density at radius 1 is 1.15 bits per heavy atom. The Morgan fingerprint density at radius 3 is 2.73 bits per heavy atom. The summed E-state index contributed by atoms with van der Waals surface area (Å²) in [6.45, 7) is 8.46. The van der Waals surface area contributed by atoms with Gasteiger partial charge in [-0.05, 0) is 33.8 Å². The second-order valence-corrected chi connectivity index (χ2v) is 6.42. The number of aliphatic hydroxyl groups is 1. The molecule has 0 atom stereocenters. The molecule has 0 aliphatic carbocycles. The third-order valence-corrected chi connectivity index (χ3v) is 4.56. The van der Waals surface area contributed by atoms with Crippen LogP contribution in [0.1, 0.15) is 22.8 Å². The van der Waals surface area contributed by atoms with Gasteiger partial charge in [0.05, 0.1) is 42.0 Å². The summed E-state index contributed by atoms with van der Waals surface area (Å²) in [5.41, 5.74) is 6.45. The van der Waals surface area contributed by atoms with Gasteiger partial charge in [0.25, 0.3) is 0 Å². The Hall–Kier alpha value is -3.00. The highest BCUT2D eigenvalue weighted by molar-refractivity contribution is 5.74. The largest absolute Gasteiger partial charge is 0.394 e. The van der Waals surface area contributed by atoms with E-state index < -0.39 is 0 Å². The fourth-order valence-corrected chi connectivity index (χ4v) is 3.46. The minimum Gasteiger partial charge on any atom is -0.394 e. The Balaban J connectivity index is 1.92. The summed E-state index contributed by atoms with van der Waals surface area (Å²) in [4.78, 5) is 9.23. The molecule has 0 aromatic carbocycles. The van der Waals surface area contributed by atoms with Crippen LogP contribution in [0.5, 0.6) is 0 Å². The Labute approximate surface area is 150 Å². The van der Waals surface area contributed by atoms with Gasteiger partial charge in [-0.1, -0.05) is 0 Å². The van der Waals surface area contributed by atoms with Crippen molar-refractivity contribution < 1.29 is 5.11 Å². The fraction of sp³-hybridized carbons (Fsp3) is 0.333. The van der Waals surface area contributed by atoms with Gasteiger partial charge < -0.3 is 5.11 Å². The highest BCUT2D eigenvalue weighted by atomic mass is 16.3. The molecular formula is C18H21N7O. The van der Waals surface area contributed by atoms with Crippen LogP contribution in [0.3, 0.4) is 0 Å². The zero-order valence-corrected chi connectivity index (χ0v) is 15.3. The van der Waals surface area contributed by atoms with Gasteiger partial charge in [-0.25, -0.2) is 14.5 Å². The maximum atomic E-state index is 9.25. The Kier molecular flexibility index (Phi) is 3.84. The lowest BCUT2D eigenvalue weighted by atomic mass is 10.2. The molecule has 8 heteroatoms. The molecule has 0 saturated carbocycles. The van der Waals surface area contributed by atoms with Crippen LogP contribution in [-0.2, 0) is 6.54 Å². The van der Waals surface area contributed by atoms with Gasteiger partial charge in [-0.3, -0.25) is 9.25 Å². The minimum atomic E-state index is 0.0503. The predicted molar refractivity (Wildman–Crippen MR) is 97.4 cm³/mol. The van der Waals surface area contributed by atoms with E-state index in [-0.39, 0.29) is 6.61 Å². The summed E-state index contributed by atoms with van der Waals surface area (Å²) in [6, 6.07) is 2.00. The summed E-state index contributed by atoms with van der Waals surface area (Å²) in [7, 11) is 0. The van der Waals surface area contributed by atoms with E-state index in [1.165, 1.54) is 0 Å². The lowest BCUT2D eigenvalue weighted by molar-refractivity contribution is 0.268. The van der Waals surface area contributed by atoms with E-state index in [9.17, 15) is 5.11 Å². The molecule has 0 unspecified atom stereocenters. The van der Waals surface area contributed by atoms with Crippen molar-refractivity contribution in [2.75, 3.05) is 6.61 Å². The van der Waals surface area contributed by atoms with Crippen LogP contribution in [-0.4, -0.2) is 45.6 Å². The van der Waals surface area contributed by atoms with E-state index in [4.69, 9.17) is 0 Å². The van der Waals surface area contributed by atoms with Gasteiger partial charge in [0, 0.05) is 23.8 Å². The molecule has 8 nitrogen and oxygen atoms in total. The first-order chi connectivity index (χ1) is 12.5. The molecule has 4 heterocycles. The Bertz CT molecular complexity index is 1100. The van der Waals surface area contributed by atoms with Crippen LogP contribution in [0.25, 0.3) is 22.7 Å². The molecule has 4 aromatic heterocycles. The van der Waals surface area contributed by atoms with Crippen LogP contribution in [0, 0.1) is 27.7 Å². The number of nitrogens with zero attached hydrogens (tertiary/aromatic N) is 7. The molecule has 0 bridgehead atoms. The fourth-order valence-electron chi connectivity index (χ4n) is 3.46. The third kappa shape index (κ3) is 2.41. The summed E-state index contributed by atoms with van der Waals surface area (Å²) in [6.07, 6.45) is 5.49. The van der Waals surface area contributed by atoms with Crippen molar-refractivity contribution in [3.8, 4) is 17.1 Å². The first-order valence-electron chi connectivity index (χ1n) is 8.52. The zero-order chi connectivity index (χ0) is 18.4. The number of aromatic nitrogens is 7. The van der Waals surface area contributed by atoms with Gasteiger partial charge in [0.15, 0.2) is 5.65 Å². The van der Waals surface area contributed by atoms with E-state index in [0.29, 0.717) is 6.54 Å². The molecule has 0 aliphatic rings. The van der Waals surface area contributed by atoms with Crippen molar-refractivity contribution in [3.05, 3.63) is 47.4 Å². The SMILES string of the molecule is Cc1cc(C)n2ncc(-c3nccn3-c3c(C)nn(CCO)c3C)c2n1. The lowest BCUT2D eigenvalue weighted by Gasteiger charge is -2.08. The van der Waals surface area contributed by atoms with Gasteiger partial charge >= 0.3 is 0 Å². The first kappa shape index (κ1) is 16.5. The summed E-state index contributed by atoms with van der Waals surface area (Å²) < 4.78 is 5.66. The number of aliphatic hydroxyl groups excluding tert-OH is 1. The number of imidazole rings is 1. The molecular weight excluding hydrogens is 330 g/mol. The quantitative estimate of drug-likeness (QED) is 0.608. The van der Waals surface area contributed by atoms with E-state index >= 15 is 0 Å². The van der Waals surface area contributed by atoms with E-state index in [0.717, 1.165) is 45.5 Å². The Morgan fingerprint density at radius 2 is 1.96 bits per heavy atom. The van der Waals surface area contributed by atoms with Crippen molar-refractivity contribution in [2.24, 2.45) is 0 Å². The van der Waals surface area contributed by atoms with Crippen LogP contribution in [0.2, 0.25) is 0 Å². The van der Waals surface area contributed by atoms with Gasteiger partial charge in [0.2, 0.25) is 0 Å². The van der Waals surface area contributed by atoms with E-state index in [1.54, 1.807) is 12.4 Å². The second-order valence-electron chi connectivity index (χ2n) is 6.42. The van der Waals surface area contributed by atoms with Crippen molar-refractivity contribution >= 4 is 5.65 Å². The maximum Gasteiger partial charge on any atom is 0.166 e. The van der Waals surface area contributed by atoms with Crippen molar-refractivity contribution in [2.45, 2.75) is 34.2 Å². The van der Waals surface area contributed by atoms with Crippen LogP contribution in [0.4, 0.5) is 0 Å². The number of aryl methyl sites for hydroxylation is 3. The molecule has 0 spiro atoms. The number of rotatable bonds is 4. The standard InChI is InChI=1S/C18H21N7O/c1-11-9-12(2)25-18(21-11)15(10-20-25)17-19-5-6-23(17)16-13(3)22-24(7-8-26)14(16)4/h5-6,9-10,26H,7-8H2,1-4H3. The van der Waals surface area contributed by atoms with E-state index in [2.05, 4.69) is 20.2 Å². The van der Waals surface area contributed by atoms with E-state index in [1.807, 2.05) is 53.7 Å². The molecule has 4 aromatic rings. The highest BCUT2D eigenvalue weighted by Crippen LogP contribution is 2.28. The number of hydrogen-bond donors (Lipinski definition) is 1. The van der Waals surface area contributed by atoms with Gasteiger partial charge in [-0.2, -0.15) is 10.2 Å². The summed E-state index contributed by atoms with van der Waals surface area (Å²) in [5.74, 6) is 0.771. The number of fused-ring (bicyclic) bond motifs is 1. The highest BCUT2D eigenvalue weighted by Gasteiger charge is 2.20. The lowest BCUT2D eigenvalue weighted by Crippen LogP contribution is -2.06. The monoisotopic (exact) mass is 351 g/mol. The second kappa shape index (κ2) is 6.06. The van der Waals surface area contributed by atoms with Gasteiger partial charge in [0.1, 0.15) is 5.82 Å². The smallest absolute Gasteiger partial charge is 0.166 e. The predicted octanol–water partition coefficient (Wildman–Crippen LogP) is 2.00. The average Bonchev–Trinajstić information content (AvgIpc) is 3.26. The molecule has 0 fully saturated rings. The summed E-state index contributed by atoms with van der Waals surface area (Å²) >= 11 is 0. The normalized spacial score (nSPS) is 11.6. The van der Waals surface area contributed by atoms with Crippen molar-refractivity contribution in [1.29, 1.82) is 0 Å². The minimum absolute atomic E-state index is 0.0503. The third-order valence-electron chi connectivity index (χ3n) is 4.56. The summed E-state index contributed by atoms with van der Waals surface area (Å²) in [5, 5.41) is 18.3. The molecule has 0 saturated heterocycles. The molecule has 0 amide bonds. The molecule has 1 N–H and O–H groups in total. The number of hydrogen-bond acceptors (Lipinski definition) is 5. The van der Waals surface area contributed by atoms with Gasteiger partial charge in [-0.15, -0.1) is 0 Å². The molecule has 0 aliphatic heterocycles. The van der Waals surface area contributed by atoms with Crippen molar-refractivity contribution in [3.63, 3.8) is 0 Å². The van der Waals surface area contributed by atoms with Crippen LogP contribution in [0.15, 0.2) is 24.7 Å². The average molecular weight is 351 g/mol. The maximum absolute atomic E-state index is 9.25. The molecule has 4 rings (SSSR count). The molecule has 134 valence electrons. The molecule has 0 radical (unpaired) electrons. The van der Waals surface area contributed by atoms with Crippen LogP contribution < -0.4 is 0 Å². The first-order valence-corrected chi connectivity index (χ1v) is 8.52. The van der Waals surface area contributed by atoms with Crippen LogP contribution >= 0.6 is 0 Å². The van der Waals surface area contributed by atoms with Crippen molar-refractivity contribution in [1.82, 2.24) is 33.9 Å². The molecule has 26 heavy (non-hydrogen) atoms. The zero-order valence-electron chi connectivity index (χ0n) is 15.3. The topological polar surface area (TPSA) is 86.1 Å².